The van der Waals surface area contributed by atoms with Crippen LogP contribution >= 0.6 is 0 Å². The molecule has 0 spiro atoms. The van der Waals surface area contributed by atoms with Gasteiger partial charge in [0.25, 0.3) is 5.91 Å². The predicted octanol–water partition coefficient (Wildman–Crippen LogP) is 3.26. The highest BCUT2D eigenvalue weighted by molar-refractivity contribution is 7.89. The van der Waals surface area contributed by atoms with E-state index >= 15 is 0 Å². The molecule has 0 unspecified atom stereocenters. The van der Waals surface area contributed by atoms with Crippen LogP contribution in [0.2, 0.25) is 0 Å². The lowest BCUT2D eigenvalue weighted by atomic mass is 10.1. The number of rotatable bonds is 6. The average Bonchev–Trinajstić information content (AvgIpc) is 3.33. The number of nitrogens with one attached hydrogen (secondary N) is 1. The van der Waals surface area contributed by atoms with Gasteiger partial charge in [0.15, 0.2) is 6.61 Å². The highest BCUT2D eigenvalue weighted by Gasteiger charge is 2.27. The molecule has 4 rings (SSSR count). The molecule has 0 bridgehead atoms. The number of esters is 1. The Morgan fingerprint density at radius 3 is 2.64 bits per heavy atom. The normalized spacial score (nSPS) is 14.4. The molecule has 1 N–H and O–H groups in total. The number of halogens is 1. The molecule has 3 aromatic rings. The van der Waals surface area contributed by atoms with Crippen LogP contribution in [-0.4, -0.2) is 49.3 Å². The Bertz CT molecular complexity index is 1340. The molecule has 1 saturated heterocycles. The second-order valence-corrected chi connectivity index (χ2v) is 9.66. The lowest BCUT2D eigenvalue weighted by molar-refractivity contribution is -0.119. The van der Waals surface area contributed by atoms with Crippen LogP contribution in [0, 0.1) is 12.7 Å². The van der Waals surface area contributed by atoms with Gasteiger partial charge in [-0.15, -0.1) is 0 Å². The van der Waals surface area contributed by atoms with Crippen molar-refractivity contribution in [2.45, 2.75) is 24.7 Å². The van der Waals surface area contributed by atoms with Crippen molar-refractivity contribution in [3.05, 3.63) is 65.6 Å². The van der Waals surface area contributed by atoms with E-state index in [1.807, 2.05) is 0 Å². The van der Waals surface area contributed by atoms with Crippen LogP contribution < -0.4 is 5.32 Å². The van der Waals surface area contributed by atoms with Gasteiger partial charge < -0.3 is 10.1 Å². The number of carbonyl (C=O) groups excluding carboxylic acids is 2. The van der Waals surface area contributed by atoms with Crippen LogP contribution in [0.1, 0.15) is 28.9 Å². The molecule has 0 aliphatic carbocycles. The lowest BCUT2D eigenvalue weighted by Crippen LogP contribution is -2.28. The van der Waals surface area contributed by atoms with Crippen LogP contribution in [0.3, 0.4) is 0 Å². The Labute approximate surface area is 190 Å². The van der Waals surface area contributed by atoms with Gasteiger partial charge in [0.1, 0.15) is 5.82 Å². The summed E-state index contributed by atoms with van der Waals surface area (Å²) in [5, 5.41) is 3.11. The van der Waals surface area contributed by atoms with E-state index in [-0.39, 0.29) is 16.1 Å². The van der Waals surface area contributed by atoms with Crippen molar-refractivity contribution >= 4 is 38.5 Å². The zero-order valence-corrected chi connectivity index (χ0v) is 18.7. The number of aromatic nitrogens is 1. The Balaban J connectivity index is 1.41. The molecule has 172 valence electrons. The Morgan fingerprint density at radius 2 is 1.88 bits per heavy atom. The Hall–Kier alpha value is -3.37. The fourth-order valence-electron chi connectivity index (χ4n) is 3.66. The maximum Gasteiger partial charge on any atom is 0.340 e. The van der Waals surface area contributed by atoms with E-state index in [0.29, 0.717) is 29.7 Å². The number of carbonyl (C=O) groups is 2. The molecule has 8 nitrogen and oxygen atoms in total. The lowest BCUT2D eigenvalue weighted by Gasteiger charge is -2.16. The van der Waals surface area contributed by atoms with Gasteiger partial charge in [-0.05, 0) is 56.2 Å². The van der Waals surface area contributed by atoms with Crippen molar-refractivity contribution in [2.75, 3.05) is 25.0 Å². The zero-order chi connectivity index (χ0) is 23.6. The van der Waals surface area contributed by atoms with E-state index in [0.717, 1.165) is 12.8 Å². The number of benzene rings is 2. The number of aryl methyl sites for hydroxylation is 1. The summed E-state index contributed by atoms with van der Waals surface area (Å²) in [6, 6.07) is 11.5. The third-order valence-corrected chi connectivity index (χ3v) is 7.24. The van der Waals surface area contributed by atoms with E-state index in [9.17, 15) is 22.4 Å². The first-order valence-electron chi connectivity index (χ1n) is 10.4. The molecule has 10 heteroatoms. The van der Waals surface area contributed by atoms with Gasteiger partial charge in [0.2, 0.25) is 10.0 Å². The van der Waals surface area contributed by atoms with Crippen molar-refractivity contribution in [1.82, 2.24) is 9.29 Å². The van der Waals surface area contributed by atoms with Gasteiger partial charge in [-0.1, -0.05) is 6.07 Å². The molecule has 1 aromatic heterocycles. The van der Waals surface area contributed by atoms with E-state index in [1.165, 1.54) is 46.8 Å². The minimum Gasteiger partial charge on any atom is -0.452 e. The van der Waals surface area contributed by atoms with E-state index < -0.39 is 34.3 Å². The summed E-state index contributed by atoms with van der Waals surface area (Å²) in [4.78, 5) is 29.1. The van der Waals surface area contributed by atoms with Gasteiger partial charge in [-0.25, -0.2) is 17.6 Å². The number of anilines is 1. The summed E-state index contributed by atoms with van der Waals surface area (Å²) < 4.78 is 45.3. The number of sulfonamides is 1. The van der Waals surface area contributed by atoms with Crippen molar-refractivity contribution in [1.29, 1.82) is 0 Å². The number of pyridine rings is 1. The molecule has 1 fully saturated rings. The first-order valence-corrected chi connectivity index (χ1v) is 11.8. The minimum absolute atomic E-state index is 0.0912. The van der Waals surface area contributed by atoms with Crippen molar-refractivity contribution in [3.8, 4) is 0 Å². The molecular weight excluding hydrogens is 449 g/mol. The topological polar surface area (TPSA) is 106 Å². The van der Waals surface area contributed by atoms with Crippen LogP contribution in [-0.2, 0) is 19.6 Å². The number of amides is 1. The Morgan fingerprint density at radius 1 is 1.12 bits per heavy atom. The molecule has 1 aliphatic heterocycles. The number of hydrogen-bond acceptors (Lipinski definition) is 6. The van der Waals surface area contributed by atoms with Crippen molar-refractivity contribution in [2.24, 2.45) is 0 Å². The summed E-state index contributed by atoms with van der Waals surface area (Å²) in [6.45, 7) is 1.98. The highest BCUT2D eigenvalue weighted by atomic mass is 32.2. The van der Waals surface area contributed by atoms with Gasteiger partial charge in [0, 0.05) is 30.2 Å². The number of ether oxygens (including phenoxy) is 1. The fourth-order valence-corrected chi connectivity index (χ4v) is 5.22. The zero-order valence-electron chi connectivity index (χ0n) is 17.9. The van der Waals surface area contributed by atoms with Crippen LogP contribution in [0.5, 0.6) is 0 Å². The van der Waals surface area contributed by atoms with Crippen LogP contribution in [0.4, 0.5) is 10.1 Å². The monoisotopic (exact) mass is 471 g/mol. The van der Waals surface area contributed by atoms with Crippen molar-refractivity contribution < 1.29 is 27.1 Å². The van der Waals surface area contributed by atoms with E-state index in [4.69, 9.17) is 4.74 Å². The minimum atomic E-state index is -3.62. The molecule has 33 heavy (non-hydrogen) atoms. The maximum atomic E-state index is 13.4. The standard InChI is InChI=1S/C23H22FN3O5S/c1-15-20(11-16-7-8-17(24)12-21(16)25-15)23(29)32-14-22(28)26-18-5-4-6-19(13-18)33(30,31)27-9-2-3-10-27/h4-8,11-13H,2-3,9-10,14H2,1H3,(H,26,28). The maximum absolute atomic E-state index is 13.4. The smallest absolute Gasteiger partial charge is 0.340 e. The number of hydrogen-bond donors (Lipinski definition) is 1. The molecule has 1 amide bonds. The average molecular weight is 472 g/mol. The largest absolute Gasteiger partial charge is 0.452 e. The molecule has 0 saturated carbocycles. The summed E-state index contributed by atoms with van der Waals surface area (Å²) in [6.07, 6.45) is 1.65. The second-order valence-electron chi connectivity index (χ2n) is 7.72. The number of nitrogens with zero attached hydrogens (tertiary/aromatic N) is 2. The summed E-state index contributed by atoms with van der Waals surface area (Å²) >= 11 is 0. The van der Waals surface area contributed by atoms with Gasteiger partial charge >= 0.3 is 5.97 Å². The van der Waals surface area contributed by atoms with Crippen molar-refractivity contribution in [3.63, 3.8) is 0 Å². The molecule has 0 radical (unpaired) electrons. The summed E-state index contributed by atoms with van der Waals surface area (Å²) in [7, 11) is -3.62. The third kappa shape index (κ3) is 5.01. The Kier molecular flexibility index (Phi) is 6.39. The first-order chi connectivity index (χ1) is 15.7. The van der Waals surface area contributed by atoms with Gasteiger partial charge in [-0.3, -0.25) is 9.78 Å². The molecule has 2 heterocycles. The third-order valence-electron chi connectivity index (χ3n) is 5.35. The highest BCUT2D eigenvalue weighted by Crippen LogP contribution is 2.23. The molecule has 2 aromatic carbocycles. The second kappa shape index (κ2) is 9.24. The first kappa shape index (κ1) is 22.8. The fraction of sp³-hybridized carbons (Fsp3) is 0.261. The van der Waals surface area contributed by atoms with E-state index in [2.05, 4.69) is 10.3 Å². The van der Waals surface area contributed by atoms with Gasteiger partial charge in [-0.2, -0.15) is 4.31 Å². The van der Waals surface area contributed by atoms with Gasteiger partial charge in [0.05, 0.1) is 21.7 Å². The molecule has 1 aliphatic rings. The summed E-state index contributed by atoms with van der Waals surface area (Å²) in [5.41, 5.74) is 1.20. The molecule has 0 atom stereocenters. The molecular formula is C23H22FN3O5S. The quantitative estimate of drug-likeness (QED) is 0.553. The number of fused-ring (bicyclic) bond motifs is 1. The summed E-state index contributed by atoms with van der Waals surface area (Å²) in [5.74, 6) is -1.79. The predicted molar refractivity (Wildman–Crippen MR) is 120 cm³/mol. The van der Waals surface area contributed by atoms with Crippen LogP contribution in [0.15, 0.2) is 53.4 Å². The SMILES string of the molecule is Cc1nc2cc(F)ccc2cc1C(=O)OCC(=O)Nc1cccc(S(=O)(=O)N2CCCC2)c1. The van der Waals surface area contributed by atoms with E-state index in [1.54, 1.807) is 13.0 Å². The van der Waals surface area contributed by atoms with Crippen LogP contribution in [0.25, 0.3) is 10.9 Å².